The van der Waals surface area contributed by atoms with Crippen molar-refractivity contribution in [2.24, 2.45) is 0 Å². The third kappa shape index (κ3) is 4.14. The van der Waals surface area contributed by atoms with Crippen LogP contribution in [0.3, 0.4) is 0 Å². The van der Waals surface area contributed by atoms with Crippen LogP contribution < -0.4 is 9.80 Å². The van der Waals surface area contributed by atoms with Gasteiger partial charge in [-0.3, -0.25) is 0 Å². The molecule has 3 aliphatic rings. The molecule has 0 unspecified atom stereocenters. The van der Waals surface area contributed by atoms with Crippen LogP contribution in [0.1, 0.15) is 81.3 Å². The van der Waals surface area contributed by atoms with E-state index in [1.54, 1.807) is 17.0 Å². The van der Waals surface area contributed by atoms with E-state index in [4.69, 9.17) is 0 Å². The Bertz CT molecular complexity index is 801. The zero-order valence-electron chi connectivity index (χ0n) is 17.9. The molecule has 1 aromatic carbocycles. The molecule has 3 fully saturated rings. The van der Waals surface area contributed by atoms with Gasteiger partial charge in [0.25, 0.3) is 0 Å². The summed E-state index contributed by atoms with van der Waals surface area (Å²) in [5.41, 5.74) is 1.13. The van der Waals surface area contributed by atoms with Gasteiger partial charge in [0.15, 0.2) is 6.04 Å². The van der Waals surface area contributed by atoms with Gasteiger partial charge in [-0.25, -0.2) is 9.07 Å². The van der Waals surface area contributed by atoms with Gasteiger partial charge in [0.1, 0.15) is 32.0 Å². The van der Waals surface area contributed by atoms with Crippen molar-refractivity contribution in [1.82, 2.24) is 20.2 Å². The number of rotatable bonds is 5. The first kappa shape index (κ1) is 20.1. The maximum Gasteiger partial charge on any atom is 0.214 e. The minimum atomic E-state index is -0.185. The monoisotopic (exact) mass is 414 g/mol. The molecule has 1 aliphatic heterocycles. The maximum absolute atomic E-state index is 13.7. The standard InChI is InChI=1S/C23H33FN6/c24-19-12-10-18(11-13-19)22(23-25-26-27-30(23)21-8-2-1-3-9-21)29-16-14-28(15-17-29)20-6-4-5-7-20/h10-13,20-22H,1-9,14-17H2/p+2/t22-/m0/s1. The topological polar surface area (TPSA) is 52.5 Å². The lowest BCUT2D eigenvalue weighted by molar-refractivity contribution is -1.03. The van der Waals surface area contributed by atoms with Gasteiger partial charge in [0.2, 0.25) is 5.82 Å². The van der Waals surface area contributed by atoms with Crippen LogP contribution in [0.2, 0.25) is 0 Å². The molecule has 1 saturated heterocycles. The molecule has 0 amide bonds. The highest BCUT2D eigenvalue weighted by Crippen LogP contribution is 2.30. The second kappa shape index (κ2) is 9.10. The quantitative estimate of drug-likeness (QED) is 0.771. The molecule has 6 nitrogen and oxygen atoms in total. The van der Waals surface area contributed by atoms with Gasteiger partial charge in [0, 0.05) is 5.56 Å². The maximum atomic E-state index is 13.7. The van der Waals surface area contributed by atoms with Crippen molar-refractivity contribution in [1.29, 1.82) is 0 Å². The van der Waals surface area contributed by atoms with Crippen molar-refractivity contribution in [3.63, 3.8) is 0 Å². The number of aromatic nitrogens is 4. The molecule has 0 spiro atoms. The lowest BCUT2D eigenvalue weighted by Gasteiger charge is -2.37. The van der Waals surface area contributed by atoms with Crippen molar-refractivity contribution in [3.8, 4) is 0 Å². The molecule has 162 valence electrons. The Morgan fingerprint density at radius 1 is 0.867 bits per heavy atom. The number of benzene rings is 1. The first-order valence-electron chi connectivity index (χ1n) is 12.0. The Balaban J connectivity index is 1.41. The molecule has 2 saturated carbocycles. The van der Waals surface area contributed by atoms with Crippen molar-refractivity contribution in [2.45, 2.75) is 75.9 Å². The van der Waals surface area contributed by atoms with Gasteiger partial charge in [-0.1, -0.05) is 19.3 Å². The molecule has 5 rings (SSSR count). The van der Waals surface area contributed by atoms with E-state index in [0.29, 0.717) is 6.04 Å². The second-order valence-electron chi connectivity index (χ2n) is 9.56. The number of tetrazole rings is 1. The highest BCUT2D eigenvalue weighted by Gasteiger charge is 2.39. The molecule has 1 atom stereocenters. The van der Waals surface area contributed by atoms with Crippen LogP contribution >= 0.6 is 0 Å². The molecular weight excluding hydrogens is 379 g/mol. The third-order valence-electron chi connectivity index (χ3n) is 7.78. The van der Waals surface area contributed by atoms with E-state index >= 15 is 0 Å². The van der Waals surface area contributed by atoms with Gasteiger partial charge in [0.05, 0.1) is 12.1 Å². The number of nitrogens with one attached hydrogen (secondary N) is 2. The van der Waals surface area contributed by atoms with Crippen molar-refractivity contribution >= 4 is 0 Å². The fourth-order valence-electron chi connectivity index (χ4n) is 6.12. The summed E-state index contributed by atoms with van der Waals surface area (Å²) in [5, 5.41) is 13.1. The Hall–Kier alpha value is -1.86. The Morgan fingerprint density at radius 3 is 2.23 bits per heavy atom. The van der Waals surface area contributed by atoms with E-state index in [9.17, 15) is 4.39 Å². The summed E-state index contributed by atoms with van der Waals surface area (Å²) in [6, 6.07) is 8.37. The zero-order chi connectivity index (χ0) is 20.3. The van der Waals surface area contributed by atoms with E-state index in [1.165, 1.54) is 62.9 Å². The third-order valence-corrected chi connectivity index (χ3v) is 7.78. The molecule has 30 heavy (non-hydrogen) atoms. The van der Waals surface area contributed by atoms with Gasteiger partial charge in [-0.15, -0.1) is 5.10 Å². The summed E-state index contributed by atoms with van der Waals surface area (Å²) in [5.74, 6) is 0.780. The number of hydrogen-bond donors (Lipinski definition) is 2. The number of piperazine rings is 1. The van der Waals surface area contributed by atoms with E-state index in [-0.39, 0.29) is 11.9 Å². The minimum Gasteiger partial charge on any atom is -0.323 e. The van der Waals surface area contributed by atoms with Gasteiger partial charge < -0.3 is 9.80 Å². The molecule has 2 N–H and O–H groups in total. The molecule has 0 bridgehead atoms. The van der Waals surface area contributed by atoms with Crippen LogP contribution in [0.4, 0.5) is 4.39 Å². The number of quaternary nitrogens is 2. The number of hydrogen-bond acceptors (Lipinski definition) is 3. The fraction of sp³-hybridized carbons (Fsp3) is 0.696. The molecule has 0 radical (unpaired) electrons. The predicted octanol–water partition coefficient (Wildman–Crippen LogP) is 1.13. The smallest absolute Gasteiger partial charge is 0.214 e. The Labute approximate surface area is 178 Å². The highest BCUT2D eigenvalue weighted by atomic mass is 19.1. The summed E-state index contributed by atoms with van der Waals surface area (Å²) < 4.78 is 15.8. The molecule has 2 aliphatic carbocycles. The van der Waals surface area contributed by atoms with Crippen LogP contribution in [-0.4, -0.2) is 52.4 Å². The van der Waals surface area contributed by atoms with Crippen LogP contribution in [0.5, 0.6) is 0 Å². The van der Waals surface area contributed by atoms with Crippen molar-refractivity contribution < 1.29 is 14.2 Å². The zero-order valence-corrected chi connectivity index (χ0v) is 17.9. The minimum absolute atomic E-state index is 0.0765. The average Bonchev–Trinajstić information content (AvgIpc) is 3.49. The first-order valence-corrected chi connectivity index (χ1v) is 12.0. The number of halogens is 1. The summed E-state index contributed by atoms with van der Waals surface area (Å²) in [6.45, 7) is 4.65. The van der Waals surface area contributed by atoms with Gasteiger partial charge in [-0.05, 0) is 73.2 Å². The Morgan fingerprint density at radius 2 is 1.53 bits per heavy atom. The summed E-state index contributed by atoms with van der Waals surface area (Å²) in [4.78, 5) is 3.32. The van der Waals surface area contributed by atoms with Crippen LogP contribution in [0.15, 0.2) is 24.3 Å². The summed E-state index contributed by atoms with van der Waals surface area (Å²) in [7, 11) is 0. The van der Waals surface area contributed by atoms with Crippen molar-refractivity contribution in [3.05, 3.63) is 41.5 Å². The number of nitrogens with zero attached hydrogens (tertiary/aromatic N) is 4. The van der Waals surface area contributed by atoms with Crippen molar-refractivity contribution in [2.75, 3.05) is 26.2 Å². The molecule has 2 heterocycles. The molecule has 2 aromatic rings. The fourth-order valence-corrected chi connectivity index (χ4v) is 6.12. The van der Waals surface area contributed by atoms with Gasteiger partial charge in [-0.2, -0.15) is 0 Å². The Kier molecular flexibility index (Phi) is 6.09. The van der Waals surface area contributed by atoms with Crippen LogP contribution in [0, 0.1) is 5.82 Å². The van der Waals surface area contributed by atoms with E-state index in [1.807, 2.05) is 12.1 Å². The van der Waals surface area contributed by atoms with Crippen LogP contribution in [-0.2, 0) is 0 Å². The van der Waals surface area contributed by atoms with E-state index in [2.05, 4.69) is 20.2 Å². The van der Waals surface area contributed by atoms with Gasteiger partial charge >= 0.3 is 0 Å². The first-order chi connectivity index (χ1) is 14.8. The normalized spacial score (nSPS) is 27.4. The lowest BCUT2D eigenvalue weighted by Crippen LogP contribution is -3.29. The average molecular weight is 415 g/mol. The summed E-state index contributed by atoms with van der Waals surface area (Å²) >= 11 is 0. The van der Waals surface area contributed by atoms with E-state index in [0.717, 1.165) is 43.4 Å². The SMILES string of the molecule is Fc1ccc([C@@H](c2nnnn2C2CCCCC2)[NH+]2CC[NH+](C3CCCC3)CC2)cc1. The largest absolute Gasteiger partial charge is 0.323 e. The predicted molar refractivity (Wildman–Crippen MR) is 112 cm³/mol. The van der Waals surface area contributed by atoms with Crippen LogP contribution in [0.25, 0.3) is 0 Å². The molecule has 1 aromatic heterocycles. The highest BCUT2D eigenvalue weighted by molar-refractivity contribution is 5.23. The molecular formula is C23H35FN6+2. The van der Waals surface area contributed by atoms with E-state index < -0.39 is 0 Å². The second-order valence-corrected chi connectivity index (χ2v) is 9.56. The molecule has 7 heteroatoms. The summed E-state index contributed by atoms with van der Waals surface area (Å²) in [6.07, 6.45) is 11.7. The lowest BCUT2D eigenvalue weighted by atomic mass is 9.95.